The van der Waals surface area contributed by atoms with E-state index in [-0.39, 0.29) is 6.29 Å². The quantitative estimate of drug-likeness (QED) is 0.0448. The van der Waals surface area contributed by atoms with Crippen LogP contribution in [0.2, 0.25) is 0 Å². The van der Waals surface area contributed by atoms with E-state index in [1.807, 2.05) is 0 Å². The minimum absolute atomic E-state index is 0.168. The van der Waals surface area contributed by atoms with E-state index in [0.717, 1.165) is 13.8 Å². The van der Waals surface area contributed by atoms with Gasteiger partial charge in [-0.25, -0.2) is 0 Å². The Labute approximate surface area is 413 Å². The molecule has 73 heavy (non-hydrogen) atoms. The molecule has 0 spiro atoms. The summed E-state index contributed by atoms with van der Waals surface area (Å²) in [7, 11) is 0. The van der Waals surface area contributed by atoms with Gasteiger partial charge in [-0.2, -0.15) is 0 Å². The molecule has 33 heteroatoms. The van der Waals surface area contributed by atoms with Gasteiger partial charge < -0.3 is 155 Å². The van der Waals surface area contributed by atoms with Crippen LogP contribution < -0.4 is 10.6 Å². The number of ether oxygens (including phenoxy) is 10. The fourth-order valence-corrected chi connectivity index (χ4v) is 8.76. The molecule has 5 aliphatic heterocycles. The third-order valence-electron chi connectivity index (χ3n) is 12.8. The summed E-state index contributed by atoms with van der Waals surface area (Å²) in [6.07, 6.45) is -53.4. The summed E-state index contributed by atoms with van der Waals surface area (Å²) in [5, 5.41) is 195. The normalized spacial score (nSPS) is 45.1. The van der Waals surface area contributed by atoms with E-state index in [4.69, 9.17) is 47.4 Å². The maximum Gasteiger partial charge on any atom is 0.217 e. The molecule has 33 nitrogen and oxygen atoms in total. The molecule has 5 fully saturated rings. The molecule has 20 N–H and O–H groups in total. The lowest BCUT2D eigenvalue weighted by Crippen LogP contribution is -2.70. The van der Waals surface area contributed by atoms with Crippen molar-refractivity contribution in [3.8, 4) is 0 Å². The molecule has 0 bridgehead atoms. The Hall–Kier alpha value is -2.51. The Morgan fingerprint density at radius 3 is 1.33 bits per heavy atom. The summed E-state index contributed by atoms with van der Waals surface area (Å²) in [4.78, 5) is 36.5. The van der Waals surface area contributed by atoms with Gasteiger partial charge in [-0.05, 0) is 0 Å². The largest absolute Gasteiger partial charge is 0.394 e. The summed E-state index contributed by atoms with van der Waals surface area (Å²) in [6, 6.07) is -3.53. The van der Waals surface area contributed by atoms with E-state index in [9.17, 15) is 106 Å². The summed E-state index contributed by atoms with van der Waals surface area (Å²) >= 11 is 0. The summed E-state index contributed by atoms with van der Waals surface area (Å²) < 4.78 is 57.0. The van der Waals surface area contributed by atoms with Crippen molar-refractivity contribution in [2.75, 3.05) is 39.6 Å². The highest BCUT2D eigenvalue weighted by molar-refractivity contribution is 5.73. The SMILES string of the molecule is CC(=O)N[C@H]1[C@H](OC[C@H]2O[C@@H](O[C@@H]([C@H](O)[C@@H](O)C=O)[C@H](O)CO)[C@H](O)[C@@H](O[C@@H]3O[C@H](CO)[C@@H](O[C@@H]4O[C@H](CO)[C@H](O)[C@H](O)[C@H]4O)[C@H](O)[C@H]3NC(C)=O)[C@H]2O)O[C@H](CO)[C@@H](O[C@@H]2O[C@H](CO)[C@H](O)[C@H](O)[C@H]2O)[C@@H]1O. The molecule has 0 aromatic heterocycles. The molecule has 0 radical (unpaired) electrons. The van der Waals surface area contributed by atoms with E-state index < -0.39 is 229 Å². The zero-order valence-corrected chi connectivity index (χ0v) is 38.9. The third-order valence-corrected chi connectivity index (χ3v) is 12.8. The average Bonchev–Trinajstić information content (AvgIpc) is 3.36. The first-order valence-corrected chi connectivity index (χ1v) is 22.9. The van der Waals surface area contributed by atoms with Crippen LogP contribution in [0.5, 0.6) is 0 Å². The lowest BCUT2D eigenvalue weighted by Gasteiger charge is -2.50. The van der Waals surface area contributed by atoms with Gasteiger partial charge in [0.25, 0.3) is 0 Å². The second kappa shape index (κ2) is 27.2. The molecule has 5 heterocycles. The Morgan fingerprint density at radius 2 is 0.904 bits per heavy atom. The van der Waals surface area contributed by atoms with Crippen molar-refractivity contribution in [2.24, 2.45) is 0 Å². The molecular formula is C40H68N2O31. The maximum atomic E-state index is 12.6. The molecule has 5 rings (SSSR count). The summed E-state index contributed by atoms with van der Waals surface area (Å²) in [5.41, 5.74) is 0. The summed E-state index contributed by atoms with van der Waals surface area (Å²) in [6.45, 7) is -4.02. The van der Waals surface area contributed by atoms with Crippen LogP contribution in [0.15, 0.2) is 0 Å². The number of amides is 2. The Morgan fingerprint density at radius 1 is 0.493 bits per heavy atom. The van der Waals surface area contributed by atoms with Crippen LogP contribution in [0.3, 0.4) is 0 Å². The van der Waals surface area contributed by atoms with Gasteiger partial charge in [-0.15, -0.1) is 0 Å². The van der Waals surface area contributed by atoms with Gasteiger partial charge in [0.15, 0.2) is 37.7 Å². The number of carbonyl (C=O) groups excluding carboxylic acids is 3. The highest BCUT2D eigenvalue weighted by atomic mass is 16.8. The van der Waals surface area contributed by atoms with Gasteiger partial charge in [-0.3, -0.25) is 9.59 Å². The van der Waals surface area contributed by atoms with Gasteiger partial charge in [0.2, 0.25) is 11.8 Å². The van der Waals surface area contributed by atoms with E-state index >= 15 is 0 Å². The molecule has 0 unspecified atom stereocenters. The maximum absolute atomic E-state index is 12.6. The van der Waals surface area contributed by atoms with Gasteiger partial charge in [0.05, 0.1) is 39.6 Å². The van der Waals surface area contributed by atoms with Crippen LogP contribution in [0.25, 0.3) is 0 Å². The van der Waals surface area contributed by atoms with E-state index in [0.29, 0.717) is 0 Å². The van der Waals surface area contributed by atoms with Gasteiger partial charge in [0, 0.05) is 13.8 Å². The number of aliphatic hydroxyl groups is 18. The Balaban J connectivity index is 1.45. The van der Waals surface area contributed by atoms with Crippen LogP contribution in [0.4, 0.5) is 0 Å². The molecule has 424 valence electrons. The highest BCUT2D eigenvalue weighted by Crippen LogP contribution is 2.35. The second-order valence-corrected chi connectivity index (χ2v) is 17.9. The fraction of sp³-hybridized carbons (Fsp3) is 0.925. The number of hydrogen-bond acceptors (Lipinski definition) is 31. The molecular weight excluding hydrogens is 1000 g/mol. The highest BCUT2D eigenvalue weighted by Gasteiger charge is 2.57. The zero-order chi connectivity index (χ0) is 54.3. The Kier molecular flexibility index (Phi) is 22.8. The van der Waals surface area contributed by atoms with E-state index in [1.165, 1.54) is 0 Å². The first-order chi connectivity index (χ1) is 34.5. The van der Waals surface area contributed by atoms with Gasteiger partial charge >= 0.3 is 0 Å². The van der Waals surface area contributed by atoms with E-state index in [1.54, 1.807) is 0 Å². The minimum Gasteiger partial charge on any atom is -0.394 e. The number of carbonyl (C=O) groups is 3. The topological polar surface area (TPSA) is 532 Å². The number of aldehydes is 1. The van der Waals surface area contributed by atoms with E-state index in [2.05, 4.69) is 10.6 Å². The fourth-order valence-electron chi connectivity index (χ4n) is 8.76. The van der Waals surface area contributed by atoms with Crippen molar-refractivity contribution in [2.45, 2.75) is 192 Å². The molecule has 0 aromatic carbocycles. The Bertz CT molecular complexity index is 1730. The zero-order valence-electron chi connectivity index (χ0n) is 38.9. The predicted octanol–water partition coefficient (Wildman–Crippen LogP) is -14.0. The van der Waals surface area contributed by atoms with Crippen LogP contribution in [-0.2, 0) is 61.8 Å². The first kappa shape index (κ1) is 61.3. The average molecular weight is 1070 g/mol. The second-order valence-electron chi connectivity index (χ2n) is 17.9. The smallest absolute Gasteiger partial charge is 0.217 e. The molecule has 2 amide bonds. The lowest BCUT2D eigenvalue weighted by atomic mass is 9.94. The number of aliphatic hydroxyl groups excluding tert-OH is 18. The van der Waals surface area contributed by atoms with Crippen LogP contribution in [-0.4, -0.2) is 327 Å². The van der Waals surface area contributed by atoms with Crippen LogP contribution >= 0.6 is 0 Å². The molecule has 5 saturated heterocycles. The third kappa shape index (κ3) is 14.0. The van der Waals surface area contributed by atoms with Gasteiger partial charge in [-0.1, -0.05) is 0 Å². The molecule has 0 saturated carbocycles. The standard InChI is InChI=1S/C40H68N2O31/c1-10(49)41-19-25(57)33(71-38-29(61)27(59)22(54)14(5-45)65-38)16(7-47)67-36(19)64-9-18-24(56)35(31(63)40(69-18)70-32(13(52)4-44)21(53)12(51)3-43)73-37-20(42-11(2)50)26(58)34(17(8-48)68-37)72-39-30(62)28(60)23(55)15(6-46)66-39/h3,12-40,44-48,51-63H,4-9H2,1-2H3,(H,41,49)(H,42,50)/t12-,13+,14+,15+,16+,17+,18+,19+,20+,21+,22-,23-,24-,25+,26+,27-,28-,29+,30+,31+,32+,33+,34+,35-,36+,37-,38-,39-,40-/m0/s1. The van der Waals surface area contributed by atoms with Crippen molar-refractivity contribution in [3.63, 3.8) is 0 Å². The molecule has 29 atom stereocenters. The van der Waals surface area contributed by atoms with Crippen LogP contribution in [0.1, 0.15) is 13.8 Å². The molecule has 0 aromatic rings. The van der Waals surface area contributed by atoms with Crippen LogP contribution in [0, 0.1) is 0 Å². The summed E-state index contributed by atoms with van der Waals surface area (Å²) in [5.74, 6) is -1.71. The molecule has 0 aliphatic carbocycles. The van der Waals surface area contributed by atoms with Crippen molar-refractivity contribution >= 4 is 18.1 Å². The number of hydrogen-bond donors (Lipinski definition) is 20. The minimum atomic E-state index is -2.35. The lowest BCUT2D eigenvalue weighted by molar-refractivity contribution is -0.377. The number of nitrogens with one attached hydrogen (secondary N) is 2. The monoisotopic (exact) mass is 1070 g/mol. The number of rotatable bonds is 22. The van der Waals surface area contributed by atoms with Gasteiger partial charge in [0.1, 0.15) is 146 Å². The first-order valence-electron chi connectivity index (χ1n) is 22.9. The van der Waals surface area contributed by atoms with Crippen molar-refractivity contribution in [3.05, 3.63) is 0 Å². The van der Waals surface area contributed by atoms with Crippen molar-refractivity contribution in [1.29, 1.82) is 0 Å². The predicted molar refractivity (Wildman–Crippen MR) is 224 cm³/mol. The van der Waals surface area contributed by atoms with Crippen molar-refractivity contribution < 1.29 is 154 Å². The van der Waals surface area contributed by atoms with Crippen molar-refractivity contribution in [1.82, 2.24) is 10.6 Å². The molecule has 5 aliphatic rings.